The van der Waals surface area contributed by atoms with Gasteiger partial charge >= 0.3 is 11.9 Å². The topological polar surface area (TPSA) is 66.3 Å². The van der Waals surface area contributed by atoms with Crippen LogP contribution in [0.25, 0.3) is 11.2 Å². The van der Waals surface area contributed by atoms with Crippen LogP contribution in [0.3, 0.4) is 0 Å². The summed E-state index contributed by atoms with van der Waals surface area (Å²) in [6.45, 7) is 0.957. The molecule has 5 rings (SSSR count). The molecule has 0 bridgehead atoms. The first kappa shape index (κ1) is 21.2. The third-order valence-electron chi connectivity index (χ3n) is 5.83. The molecule has 0 N–H and O–H groups in total. The lowest BCUT2D eigenvalue weighted by atomic mass is 9.75. The Morgan fingerprint density at radius 3 is 2.62 bits per heavy atom. The molecule has 0 unspecified atom stereocenters. The van der Waals surface area contributed by atoms with Gasteiger partial charge in [-0.25, -0.2) is 4.79 Å². The molecule has 3 aromatic heterocycles. The summed E-state index contributed by atoms with van der Waals surface area (Å²) >= 11 is 1.78. The van der Waals surface area contributed by atoms with Gasteiger partial charge in [0.05, 0.1) is 30.0 Å². The van der Waals surface area contributed by atoms with Crippen LogP contribution in [0.5, 0.6) is 0 Å². The third kappa shape index (κ3) is 3.43. The second kappa shape index (κ2) is 7.44. The van der Waals surface area contributed by atoms with Crippen LogP contribution < -0.4 is 5.69 Å². The van der Waals surface area contributed by atoms with Gasteiger partial charge in [-0.15, -0.1) is 10.2 Å². The second-order valence-electron chi connectivity index (χ2n) is 7.96. The number of nitrogens with zero attached hydrogens (tertiary/aromatic N) is 5. The van der Waals surface area contributed by atoms with Crippen molar-refractivity contribution in [3.05, 3.63) is 80.1 Å². The molecule has 32 heavy (non-hydrogen) atoms. The number of halogens is 4. The van der Waals surface area contributed by atoms with Crippen LogP contribution in [0, 0.1) is 3.57 Å². The first-order valence-corrected chi connectivity index (χ1v) is 10.8. The maximum atomic E-state index is 13.6. The van der Waals surface area contributed by atoms with Gasteiger partial charge in [0.15, 0.2) is 0 Å². The molecule has 11 heteroatoms. The summed E-state index contributed by atoms with van der Waals surface area (Å²) in [6.07, 6.45) is 0.299. The first-order chi connectivity index (χ1) is 15.2. The smallest absolute Gasteiger partial charge is 0.379 e. The van der Waals surface area contributed by atoms with Crippen molar-refractivity contribution in [1.82, 2.24) is 23.7 Å². The summed E-state index contributed by atoms with van der Waals surface area (Å²) in [5, 5.41) is 8.09. The van der Waals surface area contributed by atoms with Crippen LogP contribution >= 0.6 is 22.6 Å². The zero-order chi connectivity index (χ0) is 22.7. The molecule has 4 heterocycles. The fourth-order valence-electron chi connectivity index (χ4n) is 4.04. The fraction of sp³-hybridized carbons (Fsp3) is 0.286. The number of aryl methyl sites for hydroxylation is 1. The van der Waals surface area contributed by atoms with Crippen molar-refractivity contribution in [1.29, 1.82) is 0 Å². The fourth-order valence-corrected chi connectivity index (χ4v) is 4.63. The summed E-state index contributed by atoms with van der Waals surface area (Å²) in [7, 11) is 1.87. The molecule has 0 spiro atoms. The molecule has 0 atom stereocenters. The van der Waals surface area contributed by atoms with Gasteiger partial charge in [-0.1, -0.05) is 12.1 Å². The van der Waals surface area contributed by atoms with E-state index in [1.165, 1.54) is 17.0 Å². The van der Waals surface area contributed by atoms with Crippen LogP contribution in [-0.4, -0.2) is 36.9 Å². The highest BCUT2D eigenvalue weighted by Gasteiger charge is 2.42. The van der Waals surface area contributed by atoms with Gasteiger partial charge in [0.1, 0.15) is 12.2 Å². The van der Waals surface area contributed by atoms with Gasteiger partial charge < -0.3 is 9.30 Å². The molecule has 1 fully saturated rings. The minimum absolute atomic E-state index is 0.186. The van der Waals surface area contributed by atoms with Gasteiger partial charge in [0.25, 0.3) is 0 Å². The SMILES string of the molecule is Cn1cnnc1CC1(c2cccc(-n3cc4c(C(F)(F)F)cc(I)cn4c3=O)c2)COC1. The maximum Gasteiger partial charge on any atom is 0.418 e. The van der Waals surface area contributed by atoms with E-state index in [1.807, 2.05) is 23.7 Å². The number of hydrogen-bond acceptors (Lipinski definition) is 4. The Kier molecular flexibility index (Phi) is 4.93. The molecule has 4 aromatic rings. The molecular formula is C21H17F3IN5O2. The van der Waals surface area contributed by atoms with E-state index in [1.54, 1.807) is 41.1 Å². The number of benzene rings is 1. The van der Waals surface area contributed by atoms with Crippen LogP contribution in [-0.2, 0) is 29.8 Å². The molecule has 1 aliphatic heterocycles. The monoisotopic (exact) mass is 555 g/mol. The summed E-state index contributed by atoms with van der Waals surface area (Å²) in [4.78, 5) is 13.0. The highest BCUT2D eigenvalue weighted by molar-refractivity contribution is 14.1. The van der Waals surface area contributed by atoms with E-state index in [0.717, 1.165) is 21.9 Å². The maximum absolute atomic E-state index is 13.6. The van der Waals surface area contributed by atoms with Crippen LogP contribution in [0.4, 0.5) is 13.2 Å². The van der Waals surface area contributed by atoms with Crippen molar-refractivity contribution >= 4 is 28.1 Å². The molecule has 1 aliphatic rings. The molecule has 0 amide bonds. The van der Waals surface area contributed by atoms with E-state index in [0.29, 0.717) is 28.9 Å². The first-order valence-electron chi connectivity index (χ1n) is 9.70. The number of alkyl halides is 3. The van der Waals surface area contributed by atoms with Crippen molar-refractivity contribution in [3.63, 3.8) is 0 Å². The van der Waals surface area contributed by atoms with E-state index < -0.39 is 17.4 Å². The molecule has 166 valence electrons. The van der Waals surface area contributed by atoms with Crippen LogP contribution in [0.1, 0.15) is 17.0 Å². The van der Waals surface area contributed by atoms with Crippen LogP contribution in [0.15, 0.2) is 53.8 Å². The van der Waals surface area contributed by atoms with Crippen molar-refractivity contribution in [2.75, 3.05) is 13.2 Å². The Bertz CT molecular complexity index is 1380. The Morgan fingerprint density at radius 1 is 1.22 bits per heavy atom. The molecular weight excluding hydrogens is 538 g/mol. The summed E-state index contributed by atoms with van der Waals surface area (Å²) in [6, 6.07) is 8.31. The lowest BCUT2D eigenvalue weighted by Crippen LogP contribution is -2.49. The summed E-state index contributed by atoms with van der Waals surface area (Å²) in [5.41, 5.74) is -0.517. The predicted octanol–water partition coefficient (Wildman–Crippen LogP) is 3.35. The van der Waals surface area contributed by atoms with Crippen molar-refractivity contribution in [3.8, 4) is 5.69 Å². The molecule has 0 saturated carbocycles. The van der Waals surface area contributed by atoms with E-state index in [2.05, 4.69) is 10.2 Å². The van der Waals surface area contributed by atoms with Crippen molar-refractivity contribution in [2.45, 2.75) is 18.0 Å². The van der Waals surface area contributed by atoms with E-state index in [-0.39, 0.29) is 10.9 Å². The average Bonchev–Trinajstić information content (AvgIpc) is 3.26. The number of hydrogen-bond donors (Lipinski definition) is 0. The van der Waals surface area contributed by atoms with Gasteiger partial charge in [-0.05, 0) is 46.4 Å². The predicted molar refractivity (Wildman–Crippen MR) is 118 cm³/mol. The Hall–Kier alpha value is -2.67. The molecule has 0 radical (unpaired) electrons. The van der Waals surface area contributed by atoms with E-state index >= 15 is 0 Å². The largest absolute Gasteiger partial charge is 0.418 e. The summed E-state index contributed by atoms with van der Waals surface area (Å²) in [5.74, 6) is 0.801. The number of imidazole rings is 1. The van der Waals surface area contributed by atoms with Crippen molar-refractivity contribution < 1.29 is 17.9 Å². The van der Waals surface area contributed by atoms with Crippen molar-refractivity contribution in [2.24, 2.45) is 7.05 Å². The molecule has 1 aromatic carbocycles. The zero-order valence-corrected chi connectivity index (χ0v) is 19.0. The quantitative estimate of drug-likeness (QED) is 0.363. The van der Waals surface area contributed by atoms with Crippen LogP contribution in [0.2, 0.25) is 0 Å². The van der Waals surface area contributed by atoms with E-state index in [4.69, 9.17) is 4.74 Å². The third-order valence-corrected chi connectivity index (χ3v) is 6.42. The van der Waals surface area contributed by atoms with Gasteiger partial charge in [0.2, 0.25) is 0 Å². The Labute approximate surface area is 193 Å². The molecule has 0 aliphatic carbocycles. The lowest BCUT2D eigenvalue weighted by Gasteiger charge is -2.41. The lowest BCUT2D eigenvalue weighted by molar-refractivity contribution is -0.136. The van der Waals surface area contributed by atoms with Gasteiger partial charge in [-0.2, -0.15) is 13.2 Å². The zero-order valence-electron chi connectivity index (χ0n) is 16.8. The number of rotatable bonds is 4. The Balaban J connectivity index is 1.61. The molecule has 7 nitrogen and oxygen atoms in total. The minimum atomic E-state index is -4.57. The van der Waals surface area contributed by atoms with E-state index in [9.17, 15) is 18.0 Å². The highest BCUT2D eigenvalue weighted by atomic mass is 127. The Morgan fingerprint density at radius 2 is 2.00 bits per heavy atom. The minimum Gasteiger partial charge on any atom is -0.379 e. The number of fused-ring (bicyclic) bond motifs is 1. The number of ether oxygens (including phenoxy) is 1. The standard InChI is InChI=1S/C21H17F3IN5O2/c1-28-12-26-27-18(28)7-20(10-32-11-20)13-3-2-4-15(5-13)29-9-17-16(21(22,23)24)6-14(25)8-30(17)19(29)31/h2-6,8-9,12H,7,10-11H2,1H3. The number of aromatic nitrogens is 5. The number of pyridine rings is 1. The highest BCUT2D eigenvalue weighted by Crippen LogP contribution is 2.37. The molecule has 1 saturated heterocycles. The van der Waals surface area contributed by atoms with Gasteiger partial charge in [-0.3, -0.25) is 8.97 Å². The average molecular weight is 555 g/mol. The summed E-state index contributed by atoms with van der Waals surface area (Å²) < 4.78 is 50.7. The normalized spacial score (nSPS) is 15.8. The second-order valence-corrected chi connectivity index (χ2v) is 9.21. The van der Waals surface area contributed by atoms with Gasteiger partial charge in [0, 0.05) is 34.8 Å².